The van der Waals surface area contributed by atoms with E-state index in [-0.39, 0.29) is 5.91 Å². The maximum atomic E-state index is 13.1. The van der Waals surface area contributed by atoms with Gasteiger partial charge in [-0.1, -0.05) is 71.7 Å². The van der Waals surface area contributed by atoms with Gasteiger partial charge < -0.3 is 10.1 Å². The molecule has 0 radical (unpaired) electrons. The van der Waals surface area contributed by atoms with Gasteiger partial charge in [-0.25, -0.2) is 4.79 Å². The number of esters is 1. The van der Waals surface area contributed by atoms with Gasteiger partial charge in [0.05, 0.1) is 7.11 Å². The van der Waals surface area contributed by atoms with Crippen molar-refractivity contribution in [3.05, 3.63) is 70.7 Å². The molecule has 1 N–H and O–H groups in total. The second-order valence-corrected chi connectivity index (χ2v) is 7.47. The Morgan fingerprint density at radius 2 is 1.79 bits per heavy atom. The van der Waals surface area contributed by atoms with Crippen LogP contribution in [0, 0.1) is 0 Å². The second-order valence-electron chi connectivity index (χ2n) is 6.55. The molecular weight excluding hydrogens is 418 g/mol. The van der Waals surface area contributed by atoms with E-state index in [1.807, 2.05) is 61.5 Å². The number of methoxy groups -OCH3 is 1. The lowest BCUT2D eigenvalue weighted by Gasteiger charge is -2.18. The van der Waals surface area contributed by atoms with E-state index in [4.69, 9.17) is 4.74 Å². The molecule has 3 rings (SSSR count). The highest BCUT2D eigenvalue weighted by Crippen LogP contribution is 2.33. The Morgan fingerprint density at radius 1 is 1.04 bits per heavy atom. The van der Waals surface area contributed by atoms with E-state index >= 15 is 0 Å². The average molecular weight is 440 g/mol. The Balaban J connectivity index is 2.06. The molecule has 1 unspecified atom stereocenters. The van der Waals surface area contributed by atoms with Crippen molar-refractivity contribution >= 4 is 38.6 Å². The summed E-state index contributed by atoms with van der Waals surface area (Å²) in [5.41, 5.74) is 2.29. The number of nitrogens with one attached hydrogen (secondary N) is 1. The molecule has 0 aromatic heterocycles. The lowest BCUT2D eigenvalue weighted by atomic mass is 9.94. The molecule has 144 valence electrons. The first kappa shape index (κ1) is 20.1. The first-order chi connectivity index (χ1) is 13.5. The van der Waals surface area contributed by atoms with E-state index in [0.29, 0.717) is 12.0 Å². The number of halogens is 1. The number of carbonyl (C=O) groups is 2. The molecule has 0 saturated carbocycles. The highest BCUT2D eigenvalue weighted by atomic mass is 79.9. The SMILES string of the molecule is CCCC(NC(=O)c1ccc(Br)cc1-c1cccc2ccccc12)C(=O)OC. The maximum absolute atomic E-state index is 13.1. The Hall–Kier alpha value is -2.66. The molecule has 0 aliphatic heterocycles. The summed E-state index contributed by atoms with van der Waals surface area (Å²) >= 11 is 3.51. The van der Waals surface area contributed by atoms with Crippen LogP contribution in [-0.2, 0) is 9.53 Å². The van der Waals surface area contributed by atoms with Gasteiger partial charge in [-0.15, -0.1) is 0 Å². The Labute approximate surface area is 173 Å². The van der Waals surface area contributed by atoms with Crippen LogP contribution in [-0.4, -0.2) is 25.0 Å². The Morgan fingerprint density at radius 3 is 2.54 bits per heavy atom. The molecule has 0 spiro atoms. The van der Waals surface area contributed by atoms with E-state index in [1.165, 1.54) is 7.11 Å². The van der Waals surface area contributed by atoms with E-state index < -0.39 is 12.0 Å². The third-order valence-electron chi connectivity index (χ3n) is 4.67. The first-order valence-electron chi connectivity index (χ1n) is 9.21. The number of ether oxygens (including phenoxy) is 1. The van der Waals surface area contributed by atoms with Crippen LogP contribution >= 0.6 is 15.9 Å². The van der Waals surface area contributed by atoms with Gasteiger partial charge in [-0.3, -0.25) is 4.79 Å². The van der Waals surface area contributed by atoms with Gasteiger partial charge in [-0.2, -0.15) is 0 Å². The second kappa shape index (κ2) is 9.02. The number of hydrogen-bond donors (Lipinski definition) is 1. The zero-order valence-electron chi connectivity index (χ0n) is 15.9. The summed E-state index contributed by atoms with van der Waals surface area (Å²) in [4.78, 5) is 25.1. The van der Waals surface area contributed by atoms with Crippen molar-refractivity contribution in [1.29, 1.82) is 0 Å². The van der Waals surface area contributed by atoms with Crippen LogP contribution < -0.4 is 5.32 Å². The fraction of sp³-hybridized carbons (Fsp3) is 0.217. The van der Waals surface area contributed by atoms with Crippen LogP contribution in [0.3, 0.4) is 0 Å². The van der Waals surface area contributed by atoms with Crippen molar-refractivity contribution < 1.29 is 14.3 Å². The highest BCUT2D eigenvalue weighted by molar-refractivity contribution is 9.10. The van der Waals surface area contributed by atoms with Crippen LogP contribution in [0.15, 0.2) is 65.1 Å². The van der Waals surface area contributed by atoms with Crippen molar-refractivity contribution in [3.8, 4) is 11.1 Å². The summed E-state index contributed by atoms with van der Waals surface area (Å²) in [6, 6.07) is 19.0. The number of benzene rings is 3. The molecule has 1 amide bonds. The van der Waals surface area contributed by atoms with Crippen LogP contribution in [0.1, 0.15) is 30.1 Å². The minimum Gasteiger partial charge on any atom is -0.467 e. The molecule has 28 heavy (non-hydrogen) atoms. The number of fused-ring (bicyclic) bond motifs is 1. The average Bonchev–Trinajstić information content (AvgIpc) is 2.72. The zero-order valence-corrected chi connectivity index (χ0v) is 17.5. The third-order valence-corrected chi connectivity index (χ3v) is 5.17. The van der Waals surface area contributed by atoms with Crippen molar-refractivity contribution in [1.82, 2.24) is 5.32 Å². The van der Waals surface area contributed by atoms with Crippen LogP contribution in [0.4, 0.5) is 0 Å². The van der Waals surface area contributed by atoms with Gasteiger partial charge in [-0.05, 0) is 46.5 Å². The van der Waals surface area contributed by atoms with E-state index in [2.05, 4.69) is 21.2 Å². The van der Waals surface area contributed by atoms with Crippen molar-refractivity contribution in [2.75, 3.05) is 7.11 Å². The fourth-order valence-electron chi connectivity index (χ4n) is 3.31. The van der Waals surface area contributed by atoms with E-state index in [1.54, 1.807) is 6.07 Å². The number of amides is 1. The van der Waals surface area contributed by atoms with Gasteiger partial charge in [0.1, 0.15) is 6.04 Å². The lowest BCUT2D eigenvalue weighted by molar-refractivity contribution is -0.143. The molecular formula is C23H22BrNO3. The molecule has 0 aliphatic carbocycles. The summed E-state index contributed by atoms with van der Waals surface area (Å²) in [6.45, 7) is 1.96. The van der Waals surface area contributed by atoms with Crippen molar-refractivity contribution in [2.45, 2.75) is 25.8 Å². The summed E-state index contributed by atoms with van der Waals surface area (Å²) in [6.07, 6.45) is 1.29. The summed E-state index contributed by atoms with van der Waals surface area (Å²) in [5, 5.41) is 5.00. The number of carbonyl (C=O) groups excluding carboxylic acids is 2. The molecule has 0 saturated heterocycles. The molecule has 4 nitrogen and oxygen atoms in total. The minimum atomic E-state index is -0.661. The van der Waals surface area contributed by atoms with Crippen molar-refractivity contribution in [3.63, 3.8) is 0 Å². The predicted octanol–water partition coefficient (Wildman–Crippen LogP) is 5.34. The van der Waals surface area contributed by atoms with Gasteiger partial charge in [0.25, 0.3) is 5.91 Å². The fourth-order valence-corrected chi connectivity index (χ4v) is 3.67. The molecule has 1 atom stereocenters. The maximum Gasteiger partial charge on any atom is 0.328 e. The largest absolute Gasteiger partial charge is 0.467 e. The van der Waals surface area contributed by atoms with Gasteiger partial charge in [0.2, 0.25) is 0 Å². The molecule has 3 aromatic carbocycles. The first-order valence-corrected chi connectivity index (χ1v) is 10.0. The zero-order chi connectivity index (χ0) is 20.1. The lowest BCUT2D eigenvalue weighted by Crippen LogP contribution is -2.41. The molecule has 0 heterocycles. The Bertz CT molecular complexity index is 1010. The van der Waals surface area contributed by atoms with Crippen LogP contribution in [0.25, 0.3) is 21.9 Å². The molecule has 0 bridgehead atoms. The predicted molar refractivity (Wildman–Crippen MR) is 115 cm³/mol. The van der Waals surface area contributed by atoms with E-state index in [0.717, 1.165) is 32.8 Å². The summed E-state index contributed by atoms with van der Waals surface area (Å²) in [7, 11) is 1.33. The van der Waals surface area contributed by atoms with Gasteiger partial charge >= 0.3 is 5.97 Å². The molecule has 0 fully saturated rings. The standard InChI is InChI=1S/C23H22BrNO3/c1-3-7-21(23(27)28-2)25-22(26)19-13-12-16(24)14-20(19)18-11-6-9-15-8-4-5-10-17(15)18/h4-6,8-14,21H,3,7H2,1-2H3,(H,25,26). The minimum absolute atomic E-state index is 0.292. The van der Waals surface area contributed by atoms with Crippen molar-refractivity contribution in [2.24, 2.45) is 0 Å². The molecule has 5 heteroatoms. The number of rotatable bonds is 6. The van der Waals surface area contributed by atoms with Crippen LogP contribution in [0.5, 0.6) is 0 Å². The smallest absolute Gasteiger partial charge is 0.328 e. The Kier molecular flexibility index (Phi) is 6.47. The topological polar surface area (TPSA) is 55.4 Å². The van der Waals surface area contributed by atoms with Gasteiger partial charge in [0, 0.05) is 10.0 Å². The third kappa shape index (κ3) is 4.25. The monoisotopic (exact) mass is 439 g/mol. The number of hydrogen-bond acceptors (Lipinski definition) is 3. The highest BCUT2D eigenvalue weighted by Gasteiger charge is 2.23. The van der Waals surface area contributed by atoms with E-state index in [9.17, 15) is 9.59 Å². The quantitative estimate of drug-likeness (QED) is 0.527. The summed E-state index contributed by atoms with van der Waals surface area (Å²) < 4.78 is 5.71. The molecule has 3 aromatic rings. The molecule has 0 aliphatic rings. The van der Waals surface area contributed by atoms with Gasteiger partial charge in [0.15, 0.2) is 0 Å². The van der Waals surface area contributed by atoms with Crippen LogP contribution in [0.2, 0.25) is 0 Å². The normalized spacial score (nSPS) is 11.8. The summed E-state index contributed by atoms with van der Waals surface area (Å²) in [5.74, 6) is -0.724.